The molecule has 0 unspecified atom stereocenters. The number of nitrogens with zero attached hydrogens (tertiary/aromatic N) is 2. The van der Waals surface area contributed by atoms with Crippen molar-refractivity contribution in [1.82, 2.24) is 9.38 Å². The van der Waals surface area contributed by atoms with Gasteiger partial charge in [-0.2, -0.15) is 0 Å². The molecule has 0 aliphatic heterocycles. The normalized spacial score (nSPS) is 21.2. The molecular weight excluding hydrogens is 368 g/mol. The molecule has 5 rings (SSSR count). The Bertz CT molecular complexity index is 1120. The highest BCUT2D eigenvalue weighted by Gasteiger charge is 2.30. The van der Waals surface area contributed by atoms with Crippen LogP contribution in [0.15, 0.2) is 67.1 Å². The number of hydrogen-bond acceptors (Lipinski definition) is 2. The molecule has 1 aliphatic carbocycles. The lowest BCUT2D eigenvalue weighted by Crippen LogP contribution is -2.21. The first-order valence-corrected chi connectivity index (χ1v) is 10.4. The van der Waals surface area contributed by atoms with Crippen molar-refractivity contribution in [2.75, 3.05) is 0 Å². The fraction of sp³-hybridized carbons (Fsp3) is 0.292. The van der Waals surface area contributed by atoms with Gasteiger partial charge in [-0.25, -0.2) is 4.98 Å². The minimum Gasteiger partial charge on any atom is -0.387 e. The Morgan fingerprint density at radius 3 is 2.64 bits per heavy atom. The monoisotopic (exact) mass is 390 g/mol. The summed E-state index contributed by atoms with van der Waals surface area (Å²) in [6.45, 7) is 0. The molecule has 0 bridgehead atoms. The zero-order valence-electron chi connectivity index (χ0n) is 15.6. The number of hydrogen-bond donors (Lipinski definition) is 1. The third-order valence-electron chi connectivity index (χ3n) is 6.30. The Balaban J connectivity index is 1.37. The Morgan fingerprint density at radius 2 is 1.79 bits per heavy atom. The summed E-state index contributed by atoms with van der Waals surface area (Å²) in [5.41, 5.74) is 3.21. The van der Waals surface area contributed by atoms with Gasteiger partial charge < -0.3 is 9.51 Å². The van der Waals surface area contributed by atoms with Crippen LogP contribution in [0.2, 0.25) is 5.02 Å². The summed E-state index contributed by atoms with van der Waals surface area (Å²) in [4.78, 5) is 4.20. The molecule has 2 aromatic heterocycles. The van der Waals surface area contributed by atoms with E-state index in [1.807, 2.05) is 16.5 Å². The smallest absolute Gasteiger partial charge is 0.0995 e. The first-order chi connectivity index (χ1) is 13.7. The number of benzene rings is 2. The maximum Gasteiger partial charge on any atom is 0.0995 e. The number of halogens is 1. The van der Waals surface area contributed by atoms with Crippen molar-refractivity contribution in [2.24, 2.45) is 5.92 Å². The summed E-state index contributed by atoms with van der Waals surface area (Å²) in [6.07, 6.45) is 7.23. The fourth-order valence-corrected chi connectivity index (χ4v) is 5.07. The molecule has 1 atom stereocenters. The highest BCUT2D eigenvalue weighted by Crippen LogP contribution is 2.43. The van der Waals surface area contributed by atoms with E-state index in [0.717, 1.165) is 36.9 Å². The van der Waals surface area contributed by atoms with E-state index in [0.29, 0.717) is 10.9 Å². The molecule has 0 spiro atoms. The van der Waals surface area contributed by atoms with E-state index in [9.17, 15) is 5.11 Å². The van der Waals surface area contributed by atoms with E-state index in [4.69, 9.17) is 11.6 Å². The summed E-state index contributed by atoms with van der Waals surface area (Å²) in [6, 6.07) is 19.0. The van der Waals surface area contributed by atoms with Gasteiger partial charge in [-0.1, -0.05) is 54.1 Å². The lowest BCUT2D eigenvalue weighted by atomic mass is 9.75. The van der Waals surface area contributed by atoms with Gasteiger partial charge in [0.25, 0.3) is 0 Å². The van der Waals surface area contributed by atoms with Crippen LogP contribution in [0.1, 0.15) is 49.0 Å². The van der Waals surface area contributed by atoms with Crippen molar-refractivity contribution in [3.63, 3.8) is 0 Å². The number of aliphatic hydroxyl groups excluding tert-OH is 1. The van der Waals surface area contributed by atoms with Crippen LogP contribution in [-0.4, -0.2) is 14.5 Å². The van der Waals surface area contributed by atoms with Crippen LogP contribution in [0.3, 0.4) is 0 Å². The third kappa shape index (κ3) is 3.09. The highest BCUT2D eigenvalue weighted by molar-refractivity contribution is 6.31. The molecule has 4 aromatic rings. The molecule has 3 nitrogen and oxygen atoms in total. The van der Waals surface area contributed by atoms with E-state index in [-0.39, 0.29) is 5.92 Å². The molecule has 0 saturated heterocycles. The van der Waals surface area contributed by atoms with Crippen LogP contribution in [0.25, 0.3) is 16.3 Å². The molecule has 1 aliphatic rings. The van der Waals surface area contributed by atoms with Crippen LogP contribution in [-0.2, 0) is 0 Å². The summed E-state index contributed by atoms with van der Waals surface area (Å²) in [5, 5.41) is 14.4. The molecule has 28 heavy (non-hydrogen) atoms. The second-order valence-corrected chi connectivity index (χ2v) is 8.35. The fourth-order valence-electron chi connectivity index (χ4n) is 4.84. The maximum absolute atomic E-state index is 11.1. The van der Waals surface area contributed by atoms with Gasteiger partial charge in [0.15, 0.2) is 0 Å². The summed E-state index contributed by atoms with van der Waals surface area (Å²) in [5.74, 6) is 0.803. The van der Waals surface area contributed by atoms with Crippen molar-refractivity contribution >= 4 is 27.9 Å². The van der Waals surface area contributed by atoms with E-state index >= 15 is 0 Å². The first kappa shape index (κ1) is 17.7. The van der Waals surface area contributed by atoms with Gasteiger partial charge in [-0.05, 0) is 66.0 Å². The average molecular weight is 391 g/mol. The van der Waals surface area contributed by atoms with E-state index in [1.165, 1.54) is 16.3 Å². The molecule has 1 saturated carbocycles. The van der Waals surface area contributed by atoms with Gasteiger partial charge in [-0.3, -0.25) is 0 Å². The molecule has 0 amide bonds. The second-order valence-electron chi connectivity index (χ2n) is 7.91. The molecule has 2 heterocycles. The van der Waals surface area contributed by atoms with E-state index in [2.05, 4.69) is 47.4 Å². The number of aromatic nitrogens is 2. The number of pyridine rings is 1. The summed E-state index contributed by atoms with van der Waals surface area (Å²) in [7, 11) is 0. The topological polar surface area (TPSA) is 37.5 Å². The Kier molecular flexibility index (Phi) is 4.58. The Labute approximate surface area is 169 Å². The Morgan fingerprint density at radius 1 is 1.00 bits per heavy atom. The van der Waals surface area contributed by atoms with Gasteiger partial charge in [0, 0.05) is 5.02 Å². The number of aliphatic hydroxyl groups is 1. The molecule has 1 N–H and O–H groups in total. The largest absolute Gasteiger partial charge is 0.387 e. The molecule has 4 heteroatoms. The predicted molar refractivity (Wildman–Crippen MR) is 114 cm³/mol. The zero-order chi connectivity index (χ0) is 19.1. The number of fused-ring (bicyclic) bond motifs is 2. The second kappa shape index (κ2) is 7.23. The third-order valence-corrected chi connectivity index (χ3v) is 6.52. The van der Waals surface area contributed by atoms with Gasteiger partial charge in [0.05, 0.1) is 29.8 Å². The van der Waals surface area contributed by atoms with Crippen molar-refractivity contribution in [3.05, 3.63) is 83.4 Å². The minimum atomic E-state index is -0.524. The van der Waals surface area contributed by atoms with Gasteiger partial charge in [0.2, 0.25) is 0 Å². The van der Waals surface area contributed by atoms with Crippen molar-refractivity contribution < 1.29 is 5.11 Å². The average Bonchev–Trinajstić information content (AvgIpc) is 3.21. The molecule has 1 fully saturated rings. The molecule has 0 radical (unpaired) electrons. The molecular formula is C24H23ClN2O. The van der Waals surface area contributed by atoms with Crippen LogP contribution in [0.5, 0.6) is 0 Å². The lowest BCUT2D eigenvalue weighted by molar-refractivity contribution is 0.0764. The number of rotatable bonds is 3. The van der Waals surface area contributed by atoms with E-state index in [1.54, 1.807) is 12.5 Å². The van der Waals surface area contributed by atoms with Crippen LogP contribution in [0.4, 0.5) is 0 Å². The van der Waals surface area contributed by atoms with E-state index < -0.39 is 6.10 Å². The van der Waals surface area contributed by atoms with Crippen molar-refractivity contribution in [3.8, 4) is 0 Å². The quantitative estimate of drug-likeness (QED) is 0.455. The van der Waals surface area contributed by atoms with Crippen LogP contribution >= 0.6 is 11.6 Å². The minimum absolute atomic E-state index is 0.246. The molecule has 2 aromatic carbocycles. The predicted octanol–water partition coefficient (Wildman–Crippen LogP) is 6.15. The maximum atomic E-state index is 11.1. The standard InChI is InChI=1S/C24H23ClN2O/c25-19-12-20-14-26-15-27(20)23(13-19)24(28)18-10-8-17(9-11-18)22-7-3-5-16-4-1-2-6-21(16)22/h1-7,12-15,17-18,24,28H,8-11H2/t17?,18?,24-/m0/s1. The lowest BCUT2D eigenvalue weighted by Gasteiger charge is -2.32. The summed E-state index contributed by atoms with van der Waals surface area (Å²) < 4.78 is 1.95. The first-order valence-electron chi connectivity index (χ1n) is 9.98. The SMILES string of the molecule is O[C@H](c1cc(Cl)cc2cncn12)C1CCC(c2cccc3ccccc23)CC1. The van der Waals surface area contributed by atoms with Crippen LogP contribution < -0.4 is 0 Å². The van der Waals surface area contributed by atoms with Crippen molar-refractivity contribution in [2.45, 2.75) is 37.7 Å². The number of imidazole rings is 1. The highest BCUT2D eigenvalue weighted by atomic mass is 35.5. The van der Waals surface area contributed by atoms with Crippen LogP contribution in [0, 0.1) is 5.92 Å². The zero-order valence-corrected chi connectivity index (χ0v) is 16.4. The summed E-state index contributed by atoms with van der Waals surface area (Å²) >= 11 is 6.27. The van der Waals surface area contributed by atoms with Gasteiger partial charge in [-0.15, -0.1) is 0 Å². The Hall–Kier alpha value is -2.36. The molecule has 142 valence electrons. The van der Waals surface area contributed by atoms with Gasteiger partial charge >= 0.3 is 0 Å². The van der Waals surface area contributed by atoms with Crippen molar-refractivity contribution in [1.29, 1.82) is 0 Å². The van der Waals surface area contributed by atoms with Gasteiger partial charge in [0.1, 0.15) is 0 Å².